The highest BCUT2D eigenvalue weighted by Gasteiger charge is 2.36. The van der Waals surface area contributed by atoms with Gasteiger partial charge in [0.15, 0.2) is 11.5 Å². The normalized spacial score (nSPS) is 25.3. The van der Waals surface area contributed by atoms with E-state index < -0.39 is 18.2 Å². The average molecular weight is 562 g/mol. The molecule has 1 aliphatic carbocycles. The number of benzene rings is 1. The highest BCUT2D eigenvalue weighted by molar-refractivity contribution is 14.1. The minimum atomic E-state index is -0.913. The van der Waals surface area contributed by atoms with E-state index in [0.717, 1.165) is 19.4 Å². The van der Waals surface area contributed by atoms with Crippen molar-refractivity contribution in [1.82, 2.24) is 10.6 Å². The van der Waals surface area contributed by atoms with E-state index in [1.165, 1.54) is 7.11 Å². The summed E-state index contributed by atoms with van der Waals surface area (Å²) in [5.41, 5.74) is 1.15. The molecule has 1 amide bonds. The van der Waals surface area contributed by atoms with E-state index in [1.807, 2.05) is 0 Å². The van der Waals surface area contributed by atoms with Gasteiger partial charge < -0.3 is 40.2 Å². The molecule has 10 heteroatoms. The number of carbonyl (C=O) groups excluding carboxylic acids is 1. The molecule has 0 aromatic heterocycles. The summed E-state index contributed by atoms with van der Waals surface area (Å²) in [5.74, 6) is 0.559. The Labute approximate surface area is 201 Å². The van der Waals surface area contributed by atoms with Gasteiger partial charge in [0.1, 0.15) is 12.2 Å². The van der Waals surface area contributed by atoms with Gasteiger partial charge in [-0.25, -0.2) is 0 Å². The number of rotatable bonds is 10. The first kappa shape index (κ1) is 25.2. The fourth-order valence-electron chi connectivity index (χ4n) is 3.90. The third kappa shape index (κ3) is 6.33. The number of carbonyl (C=O) groups is 1. The predicted molar refractivity (Wildman–Crippen MR) is 126 cm³/mol. The lowest BCUT2D eigenvalue weighted by Gasteiger charge is -2.35. The SMILES string of the molecule is COc1cc(CO)cc(I)c1O[C@H]1C=C(C(=O)NCCO)C[C@@H](NC[C@H]2CCCO2)[C@@H]1O. The molecule has 0 bridgehead atoms. The van der Waals surface area contributed by atoms with Crippen LogP contribution in [0.15, 0.2) is 23.8 Å². The predicted octanol–water partition coefficient (Wildman–Crippen LogP) is 0.476. The molecule has 1 aromatic rings. The van der Waals surface area contributed by atoms with Crippen LogP contribution < -0.4 is 20.1 Å². The van der Waals surface area contributed by atoms with Crippen molar-refractivity contribution < 1.29 is 34.3 Å². The van der Waals surface area contributed by atoms with Crippen molar-refractivity contribution in [2.45, 2.75) is 50.2 Å². The van der Waals surface area contributed by atoms with Crippen molar-refractivity contribution in [2.75, 3.05) is 33.4 Å². The molecule has 0 spiro atoms. The summed E-state index contributed by atoms with van der Waals surface area (Å²) in [6, 6.07) is 3.04. The Morgan fingerprint density at radius 3 is 2.81 bits per heavy atom. The van der Waals surface area contributed by atoms with E-state index in [4.69, 9.17) is 19.3 Å². The van der Waals surface area contributed by atoms with Crippen molar-refractivity contribution in [2.24, 2.45) is 0 Å². The van der Waals surface area contributed by atoms with Crippen molar-refractivity contribution in [3.8, 4) is 11.5 Å². The van der Waals surface area contributed by atoms with Gasteiger partial charge >= 0.3 is 0 Å². The first-order valence-corrected chi connectivity index (χ1v) is 11.8. The van der Waals surface area contributed by atoms with Crippen LogP contribution in [0.25, 0.3) is 0 Å². The number of aliphatic hydroxyl groups is 3. The highest BCUT2D eigenvalue weighted by Crippen LogP contribution is 2.36. The maximum atomic E-state index is 12.6. The van der Waals surface area contributed by atoms with Crippen LogP contribution >= 0.6 is 22.6 Å². The van der Waals surface area contributed by atoms with Gasteiger partial charge in [0.25, 0.3) is 0 Å². The fourth-order valence-corrected chi connectivity index (χ4v) is 4.70. The number of halogens is 1. The summed E-state index contributed by atoms with van der Waals surface area (Å²) < 4.78 is 18.0. The van der Waals surface area contributed by atoms with Gasteiger partial charge in [-0.1, -0.05) is 0 Å². The maximum Gasteiger partial charge on any atom is 0.247 e. The molecule has 9 nitrogen and oxygen atoms in total. The van der Waals surface area contributed by atoms with E-state index in [1.54, 1.807) is 18.2 Å². The minimum Gasteiger partial charge on any atom is -0.493 e. The molecule has 2 aliphatic rings. The molecule has 3 rings (SSSR count). The van der Waals surface area contributed by atoms with Gasteiger partial charge in [0.05, 0.1) is 30.0 Å². The molecular formula is C22H31IN2O7. The summed E-state index contributed by atoms with van der Waals surface area (Å²) in [6.45, 7) is 1.17. The molecule has 32 heavy (non-hydrogen) atoms. The van der Waals surface area contributed by atoms with Gasteiger partial charge in [-0.05, 0) is 65.6 Å². The first-order valence-electron chi connectivity index (χ1n) is 10.7. The van der Waals surface area contributed by atoms with Crippen LogP contribution in [0.5, 0.6) is 11.5 Å². The highest BCUT2D eigenvalue weighted by atomic mass is 127. The molecule has 1 aromatic carbocycles. The topological polar surface area (TPSA) is 130 Å². The van der Waals surface area contributed by atoms with Gasteiger partial charge in [0.2, 0.25) is 5.91 Å². The van der Waals surface area contributed by atoms with E-state index in [-0.39, 0.29) is 31.8 Å². The average Bonchev–Trinajstić information content (AvgIpc) is 3.32. The number of nitrogens with one attached hydrogen (secondary N) is 2. The van der Waals surface area contributed by atoms with E-state index in [0.29, 0.717) is 39.2 Å². The van der Waals surface area contributed by atoms with Crippen LogP contribution in [0.4, 0.5) is 0 Å². The molecule has 5 N–H and O–H groups in total. The molecule has 0 unspecified atom stereocenters. The van der Waals surface area contributed by atoms with Crippen LogP contribution in [0.3, 0.4) is 0 Å². The summed E-state index contributed by atoms with van der Waals surface area (Å²) in [5, 5.41) is 35.6. The quantitative estimate of drug-likeness (QED) is 0.261. The summed E-state index contributed by atoms with van der Waals surface area (Å²) in [7, 11) is 1.51. The number of methoxy groups -OCH3 is 1. The molecule has 1 heterocycles. The van der Waals surface area contributed by atoms with Crippen LogP contribution in [-0.2, 0) is 16.1 Å². The second-order valence-corrected chi connectivity index (χ2v) is 9.03. The summed E-state index contributed by atoms with van der Waals surface area (Å²) >= 11 is 2.09. The minimum absolute atomic E-state index is 0.0891. The molecule has 0 radical (unpaired) electrons. The molecule has 4 atom stereocenters. The van der Waals surface area contributed by atoms with Gasteiger partial charge in [-0.3, -0.25) is 4.79 Å². The van der Waals surface area contributed by atoms with Crippen molar-refractivity contribution in [1.29, 1.82) is 0 Å². The molecular weight excluding hydrogens is 531 g/mol. The molecule has 178 valence electrons. The molecule has 1 aliphatic heterocycles. The Hall–Kier alpha value is -1.44. The van der Waals surface area contributed by atoms with Crippen LogP contribution in [0, 0.1) is 3.57 Å². The lowest BCUT2D eigenvalue weighted by molar-refractivity contribution is -0.118. The van der Waals surface area contributed by atoms with E-state index in [9.17, 15) is 15.0 Å². The lowest BCUT2D eigenvalue weighted by atomic mass is 9.89. The Morgan fingerprint density at radius 2 is 2.16 bits per heavy atom. The standard InChI is InChI=1S/C22H31IN2O7/c1-30-19-8-13(12-27)7-16(23)21(19)32-18-10-14(22(29)24-4-5-26)9-17(20(18)28)25-11-15-3-2-6-31-15/h7-8,10,15,17-18,20,25-28H,2-6,9,11-12H2,1H3,(H,24,29)/t15-,17-,18+,20+/m1/s1. The second-order valence-electron chi connectivity index (χ2n) is 7.87. The monoisotopic (exact) mass is 562 g/mol. The van der Waals surface area contributed by atoms with Crippen molar-refractivity contribution in [3.63, 3.8) is 0 Å². The largest absolute Gasteiger partial charge is 0.493 e. The summed E-state index contributed by atoms with van der Waals surface area (Å²) in [4.78, 5) is 12.6. The lowest BCUT2D eigenvalue weighted by Crippen LogP contribution is -2.53. The van der Waals surface area contributed by atoms with Crippen LogP contribution in [-0.4, -0.2) is 79.0 Å². The van der Waals surface area contributed by atoms with Gasteiger partial charge in [-0.15, -0.1) is 0 Å². The second kappa shape index (κ2) is 12.1. The number of hydrogen-bond acceptors (Lipinski definition) is 8. The Morgan fingerprint density at radius 1 is 1.34 bits per heavy atom. The smallest absolute Gasteiger partial charge is 0.247 e. The molecule has 1 saturated heterocycles. The number of hydrogen-bond donors (Lipinski definition) is 5. The van der Waals surface area contributed by atoms with Crippen LogP contribution in [0.2, 0.25) is 0 Å². The van der Waals surface area contributed by atoms with Gasteiger partial charge in [0, 0.05) is 31.3 Å². The Balaban J connectivity index is 1.83. The van der Waals surface area contributed by atoms with Crippen LogP contribution in [0.1, 0.15) is 24.8 Å². The Kier molecular flexibility index (Phi) is 9.56. The summed E-state index contributed by atoms with van der Waals surface area (Å²) in [6.07, 6.45) is 2.29. The van der Waals surface area contributed by atoms with E-state index >= 15 is 0 Å². The van der Waals surface area contributed by atoms with Crippen molar-refractivity contribution >= 4 is 28.5 Å². The van der Waals surface area contributed by atoms with Crippen molar-refractivity contribution in [3.05, 3.63) is 32.9 Å². The number of ether oxygens (including phenoxy) is 3. The number of amides is 1. The Bertz CT molecular complexity index is 814. The maximum absolute atomic E-state index is 12.6. The van der Waals surface area contributed by atoms with E-state index in [2.05, 4.69) is 33.2 Å². The third-order valence-electron chi connectivity index (χ3n) is 5.60. The zero-order valence-electron chi connectivity index (χ0n) is 18.1. The number of aliphatic hydroxyl groups excluding tert-OH is 3. The zero-order valence-corrected chi connectivity index (χ0v) is 20.2. The fraction of sp³-hybridized carbons (Fsp3) is 0.591. The molecule has 0 saturated carbocycles. The third-order valence-corrected chi connectivity index (χ3v) is 6.40. The molecule has 1 fully saturated rings. The van der Waals surface area contributed by atoms with Gasteiger partial charge in [-0.2, -0.15) is 0 Å². The first-order chi connectivity index (χ1) is 15.5. The zero-order chi connectivity index (χ0) is 23.1.